The topological polar surface area (TPSA) is 78.3 Å². The summed E-state index contributed by atoms with van der Waals surface area (Å²) < 4.78 is 0. The van der Waals surface area contributed by atoms with Gasteiger partial charge in [0.15, 0.2) is 0 Å². The molecule has 1 aromatic rings. The molecule has 2 rings (SSSR count). The summed E-state index contributed by atoms with van der Waals surface area (Å²) in [5.41, 5.74) is 0.724. The van der Waals surface area contributed by atoms with E-state index in [4.69, 9.17) is 5.11 Å². The molecule has 1 atom stereocenters. The molecule has 0 amide bonds. The number of hydrogen-bond donors (Lipinski definition) is 2. The van der Waals surface area contributed by atoms with Crippen molar-refractivity contribution >= 4 is 5.97 Å². The minimum absolute atomic E-state index is 0.176. The molecule has 0 saturated carbocycles. The number of nitrogens with one attached hydrogen (secondary N) is 1. The van der Waals surface area contributed by atoms with Crippen LogP contribution in [0.5, 0.6) is 0 Å². The van der Waals surface area contributed by atoms with Crippen LogP contribution >= 0.6 is 0 Å². The third kappa shape index (κ3) is 3.74. The lowest BCUT2D eigenvalue weighted by atomic mass is 10.1. The van der Waals surface area contributed by atoms with E-state index in [1.807, 2.05) is 0 Å². The Labute approximate surface area is 119 Å². The van der Waals surface area contributed by atoms with Crippen LogP contribution in [0.4, 0.5) is 0 Å². The van der Waals surface area contributed by atoms with Crippen molar-refractivity contribution in [1.29, 1.82) is 0 Å². The Hall–Kier alpha value is -1.53. The van der Waals surface area contributed by atoms with E-state index >= 15 is 0 Å². The highest BCUT2D eigenvalue weighted by Gasteiger charge is 2.23. The summed E-state index contributed by atoms with van der Waals surface area (Å²) in [5.74, 6) is -0.346. The lowest BCUT2D eigenvalue weighted by Crippen LogP contribution is -2.30. The molecule has 1 aromatic heterocycles. The van der Waals surface area contributed by atoms with Gasteiger partial charge >= 0.3 is 5.97 Å². The second-order valence-electron chi connectivity index (χ2n) is 5.56. The third-order valence-electron chi connectivity index (χ3n) is 3.80. The number of nitrogens with zero attached hydrogens (tertiary/aromatic N) is 3. The second-order valence-corrected chi connectivity index (χ2v) is 5.56. The second kappa shape index (κ2) is 6.76. The van der Waals surface area contributed by atoms with Gasteiger partial charge in [-0.05, 0) is 39.3 Å². The number of rotatable bonds is 6. The number of carbonyl (C=O) groups is 1. The Morgan fingerprint density at radius 3 is 3.05 bits per heavy atom. The van der Waals surface area contributed by atoms with Crippen molar-refractivity contribution < 1.29 is 9.90 Å². The number of aromatic nitrogens is 2. The quantitative estimate of drug-likeness (QED) is 0.808. The number of carboxylic acids is 1. The lowest BCUT2D eigenvalue weighted by molar-refractivity contribution is 0.0694. The van der Waals surface area contributed by atoms with Crippen molar-refractivity contribution in [1.82, 2.24) is 20.2 Å². The smallest absolute Gasteiger partial charge is 0.339 e. The number of likely N-dealkylation sites (tertiary alicyclic amines) is 1. The monoisotopic (exact) mass is 278 g/mol. The van der Waals surface area contributed by atoms with E-state index in [0.29, 0.717) is 24.2 Å². The molecule has 0 bridgehead atoms. The van der Waals surface area contributed by atoms with Crippen molar-refractivity contribution in [3.63, 3.8) is 0 Å². The zero-order chi connectivity index (χ0) is 14.5. The van der Waals surface area contributed by atoms with Gasteiger partial charge in [0.2, 0.25) is 0 Å². The summed E-state index contributed by atoms with van der Waals surface area (Å²) in [7, 11) is 0. The van der Waals surface area contributed by atoms with Crippen LogP contribution < -0.4 is 5.32 Å². The minimum atomic E-state index is -0.978. The van der Waals surface area contributed by atoms with Crippen molar-refractivity contribution in [2.45, 2.75) is 32.9 Å². The van der Waals surface area contributed by atoms with Crippen molar-refractivity contribution in [2.75, 3.05) is 19.6 Å². The molecule has 1 unspecified atom stereocenters. The molecule has 1 fully saturated rings. The Balaban J connectivity index is 1.81. The zero-order valence-corrected chi connectivity index (χ0v) is 12.0. The van der Waals surface area contributed by atoms with Crippen LogP contribution in [-0.4, -0.2) is 51.6 Å². The summed E-state index contributed by atoms with van der Waals surface area (Å²) >= 11 is 0. The van der Waals surface area contributed by atoms with Gasteiger partial charge in [-0.1, -0.05) is 0 Å². The Bertz CT molecular complexity index is 464. The number of hydrogen-bond acceptors (Lipinski definition) is 5. The molecule has 20 heavy (non-hydrogen) atoms. The van der Waals surface area contributed by atoms with Crippen molar-refractivity contribution in [3.8, 4) is 0 Å². The van der Waals surface area contributed by atoms with Gasteiger partial charge < -0.3 is 15.3 Å². The first-order valence-corrected chi connectivity index (χ1v) is 7.05. The van der Waals surface area contributed by atoms with Crippen molar-refractivity contribution in [2.24, 2.45) is 5.92 Å². The molecule has 2 N–H and O–H groups in total. The number of aromatic carboxylic acids is 1. The summed E-state index contributed by atoms with van der Waals surface area (Å²) in [6.45, 7) is 8.07. The summed E-state index contributed by atoms with van der Waals surface area (Å²) in [6, 6.07) is 0.598. The van der Waals surface area contributed by atoms with Crippen LogP contribution in [0.3, 0.4) is 0 Å². The van der Waals surface area contributed by atoms with Gasteiger partial charge in [0.05, 0.1) is 5.69 Å². The standard InChI is InChI=1S/C14H22N4O2/c1-10(2)18-4-3-11(8-18)5-15-7-13-12(14(19)20)6-16-9-17-13/h6,9-11,15H,3-5,7-8H2,1-2H3,(H,19,20). The average Bonchev–Trinajstić information content (AvgIpc) is 2.88. The van der Waals surface area contributed by atoms with E-state index in [2.05, 4.69) is 34.0 Å². The van der Waals surface area contributed by atoms with Gasteiger partial charge in [-0.15, -0.1) is 0 Å². The van der Waals surface area contributed by atoms with Crippen LogP contribution in [-0.2, 0) is 6.54 Å². The molecule has 1 saturated heterocycles. The fraction of sp³-hybridized carbons (Fsp3) is 0.643. The Morgan fingerprint density at radius 1 is 1.60 bits per heavy atom. The third-order valence-corrected chi connectivity index (χ3v) is 3.80. The van der Waals surface area contributed by atoms with Gasteiger partial charge in [0.25, 0.3) is 0 Å². The van der Waals surface area contributed by atoms with Gasteiger partial charge in [-0.3, -0.25) is 0 Å². The Kier molecular flexibility index (Phi) is 5.03. The first kappa shape index (κ1) is 14.9. The molecule has 0 aliphatic carbocycles. The average molecular weight is 278 g/mol. The molecule has 1 aliphatic heterocycles. The first-order valence-electron chi connectivity index (χ1n) is 7.05. The fourth-order valence-electron chi connectivity index (χ4n) is 2.57. The van der Waals surface area contributed by atoms with Gasteiger partial charge in [0, 0.05) is 25.3 Å². The molecule has 6 heteroatoms. The van der Waals surface area contributed by atoms with Crippen LogP contribution in [0.15, 0.2) is 12.5 Å². The minimum Gasteiger partial charge on any atom is -0.478 e. The maximum Gasteiger partial charge on any atom is 0.339 e. The molecule has 6 nitrogen and oxygen atoms in total. The Morgan fingerprint density at radius 2 is 2.40 bits per heavy atom. The van der Waals surface area contributed by atoms with Gasteiger partial charge in [-0.2, -0.15) is 0 Å². The van der Waals surface area contributed by atoms with Crippen molar-refractivity contribution in [3.05, 3.63) is 23.8 Å². The zero-order valence-electron chi connectivity index (χ0n) is 12.0. The van der Waals surface area contributed by atoms with Gasteiger partial charge in [0.1, 0.15) is 11.9 Å². The first-order chi connectivity index (χ1) is 9.58. The summed E-state index contributed by atoms with van der Waals surface area (Å²) in [4.78, 5) is 21.3. The highest BCUT2D eigenvalue weighted by atomic mass is 16.4. The highest BCUT2D eigenvalue weighted by molar-refractivity contribution is 5.88. The fourth-order valence-corrected chi connectivity index (χ4v) is 2.57. The molecule has 2 heterocycles. The summed E-state index contributed by atoms with van der Waals surface area (Å²) in [5, 5.41) is 12.4. The van der Waals surface area contributed by atoms with E-state index in [1.165, 1.54) is 18.9 Å². The predicted octanol–water partition coefficient (Wildman–Crippen LogP) is 0.995. The van der Waals surface area contributed by atoms with E-state index in [0.717, 1.165) is 19.6 Å². The molecular formula is C14H22N4O2. The largest absolute Gasteiger partial charge is 0.478 e. The summed E-state index contributed by atoms with van der Waals surface area (Å²) in [6.07, 6.45) is 3.93. The van der Waals surface area contributed by atoms with E-state index in [1.54, 1.807) is 0 Å². The van der Waals surface area contributed by atoms with E-state index in [-0.39, 0.29) is 5.56 Å². The molecular weight excluding hydrogens is 256 g/mol. The molecule has 0 spiro atoms. The van der Waals surface area contributed by atoms with Crippen LogP contribution in [0, 0.1) is 5.92 Å². The maximum absolute atomic E-state index is 11.0. The highest BCUT2D eigenvalue weighted by Crippen LogP contribution is 2.17. The van der Waals surface area contributed by atoms with Gasteiger partial charge in [-0.25, -0.2) is 14.8 Å². The van der Waals surface area contributed by atoms with Crippen LogP contribution in [0.2, 0.25) is 0 Å². The normalized spacial score (nSPS) is 19.6. The SMILES string of the molecule is CC(C)N1CCC(CNCc2ncncc2C(=O)O)C1. The van der Waals surface area contributed by atoms with E-state index < -0.39 is 5.97 Å². The molecule has 0 radical (unpaired) electrons. The lowest BCUT2D eigenvalue weighted by Gasteiger charge is -2.20. The predicted molar refractivity (Wildman–Crippen MR) is 75.5 cm³/mol. The molecule has 1 aliphatic rings. The van der Waals surface area contributed by atoms with E-state index in [9.17, 15) is 4.79 Å². The molecule has 0 aromatic carbocycles. The number of carboxylic acid groups (broad SMARTS) is 1. The molecule has 110 valence electrons. The maximum atomic E-state index is 11.0. The van der Waals surface area contributed by atoms with Crippen LogP contribution in [0.25, 0.3) is 0 Å². The van der Waals surface area contributed by atoms with Crippen LogP contribution in [0.1, 0.15) is 36.3 Å².